The van der Waals surface area contributed by atoms with Crippen LogP contribution < -0.4 is 14.8 Å². The lowest BCUT2D eigenvalue weighted by Crippen LogP contribution is -2.14. The van der Waals surface area contributed by atoms with E-state index in [1.165, 1.54) is 33.3 Å². The van der Waals surface area contributed by atoms with Crippen molar-refractivity contribution in [3.8, 4) is 11.5 Å². The maximum absolute atomic E-state index is 13.9. The highest BCUT2D eigenvalue weighted by molar-refractivity contribution is 8.00. The third kappa shape index (κ3) is 4.96. The van der Waals surface area contributed by atoms with E-state index in [1.54, 1.807) is 24.3 Å². The molecule has 2 aromatic carbocycles. The van der Waals surface area contributed by atoms with Gasteiger partial charge in [-0.05, 0) is 31.2 Å². The Kier molecular flexibility index (Phi) is 6.41. The van der Waals surface area contributed by atoms with Crippen molar-refractivity contribution in [1.82, 2.24) is 0 Å². The highest BCUT2D eigenvalue weighted by Crippen LogP contribution is 2.30. The van der Waals surface area contributed by atoms with E-state index in [-0.39, 0.29) is 17.4 Å². The second kappa shape index (κ2) is 8.53. The number of methoxy groups -OCH3 is 2. The van der Waals surface area contributed by atoms with Gasteiger partial charge in [0, 0.05) is 22.2 Å². The van der Waals surface area contributed by atoms with Gasteiger partial charge in [0.05, 0.1) is 20.0 Å². The Balaban J connectivity index is 1.98. The maximum Gasteiger partial charge on any atom is 0.234 e. The highest BCUT2D eigenvalue weighted by Gasteiger charge is 2.11. The quantitative estimate of drug-likeness (QED) is 0.599. The molecular weight excluding hydrogens is 345 g/mol. The van der Waals surface area contributed by atoms with Crippen LogP contribution in [0, 0.1) is 5.82 Å². The minimum Gasteiger partial charge on any atom is -0.493 e. The van der Waals surface area contributed by atoms with Crippen molar-refractivity contribution in [3.63, 3.8) is 0 Å². The minimum atomic E-state index is -0.517. The number of nitrogens with one attached hydrogen (secondary N) is 1. The van der Waals surface area contributed by atoms with E-state index in [0.717, 1.165) is 11.8 Å². The maximum atomic E-state index is 13.9. The molecule has 1 N–H and O–H groups in total. The number of halogens is 1. The number of ketones is 1. The van der Waals surface area contributed by atoms with Crippen LogP contribution in [0.5, 0.6) is 11.5 Å². The third-order valence-corrected chi connectivity index (χ3v) is 4.41. The van der Waals surface area contributed by atoms with E-state index in [1.807, 2.05) is 0 Å². The molecule has 0 saturated carbocycles. The summed E-state index contributed by atoms with van der Waals surface area (Å²) >= 11 is 1.06. The Hall–Kier alpha value is -2.54. The van der Waals surface area contributed by atoms with Crippen LogP contribution in [0.2, 0.25) is 0 Å². The molecule has 25 heavy (non-hydrogen) atoms. The molecule has 0 spiro atoms. The summed E-state index contributed by atoms with van der Waals surface area (Å²) in [5, 5.41) is 2.72. The summed E-state index contributed by atoms with van der Waals surface area (Å²) in [5.74, 6) is 0.0804. The summed E-state index contributed by atoms with van der Waals surface area (Å²) in [6.45, 7) is 1.37. The SMILES string of the molecule is COc1ccc(NC(=O)CSc2ccc(C(C)=O)cc2F)cc1OC. The van der Waals surface area contributed by atoms with Gasteiger partial charge in [-0.15, -0.1) is 11.8 Å². The molecule has 0 fully saturated rings. The number of hydrogen-bond acceptors (Lipinski definition) is 5. The Bertz CT molecular complexity index is 795. The van der Waals surface area contributed by atoms with Crippen molar-refractivity contribution >= 4 is 29.1 Å². The van der Waals surface area contributed by atoms with Crippen LogP contribution in [0.4, 0.5) is 10.1 Å². The summed E-state index contributed by atoms with van der Waals surface area (Å²) in [5.41, 5.74) is 0.854. The van der Waals surface area contributed by atoms with Gasteiger partial charge in [-0.25, -0.2) is 4.39 Å². The Morgan fingerprint density at radius 1 is 1.08 bits per heavy atom. The summed E-state index contributed by atoms with van der Waals surface area (Å²) in [6.07, 6.45) is 0. The fraction of sp³-hybridized carbons (Fsp3) is 0.222. The van der Waals surface area contributed by atoms with E-state index >= 15 is 0 Å². The van der Waals surface area contributed by atoms with Gasteiger partial charge in [-0.1, -0.05) is 6.07 Å². The molecule has 2 rings (SSSR count). The predicted octanol–water partition coefficient (Wildman–Crippen LogP) is 3.78. The minimum absolute atomic E-state index is 0.0324. The van der Waals surface area contributed by atoms with Crippen LogP contribution in [0.25, 0.3) is 0 Å². The lowest BCUT2D eigenvalue weighted by atomic mass is 10.1. The molecule has 5 nitrogen and oxygen atoms in total. The lowest BCUT2D eigenvalue weighted by molar-refractivity contribution is -0.113. The largest absolute Gasteiger partial charge is 0.493 e. The average molecular weight is 363 g/mol. The lowest BCUT2D eigenvalue weighted by Gasteiger charge is -2.10. The Morgan fingerprint density at radius 3 is 2.40 bits per heavy atom. The van der Waals surface area contributed by atoms with Crippen LogP contribution in [-0.4, -0.2) is 31.7 Å². The summed E-state index contributed by atoms with van der Waals surface area (Å²) in [4.78, 5) is 23.6. The summed E-state index contributed by atoms with van der Waals surface area (Å²) in [6, 6.07) is 9.23. The first-order chi connectivity index (χ1) is 11.9. The number of ether oxygens (including phenoxy) is 2. The zero-order valence-corrected chi connectivity index (χ0v) is 14.9. The van der Waals surface area contributed by atoms with E-state index in [0.29, 0.717) is 27.6 Å². The second-order valence-electron chi connectivity index (χ2n) is 5.11. The first-order valence-corrected chi connectivity index (χ1v) is 8.38. The first-order valence-electron chi connectivity index (χ1n) is 7.39. The number of carbonyl (C=O) groups is 2. The molecule has 2 aromatic rings. The number of thioether (sulfide) groups is 1. The number of amides is 1. The van der Waals surface area contributed by atoms with E-state index in [4.69, 9.17) is 9.47 Å². The van der Waals surface area contributed by atoms with Crippen molar-refractivity contribution in [3.05, 3.63) is 47.8 Å². The molecule has 0 atom stereocenters. The van der Waals surface area contributed by atoms with Gasteiger partial charge in [0.2, 0.25) is 5.91 Å². The van der Waals surface area contributed by atoms with Gasteiger partial charge < -0.3 is 14.8 Å². The van der Waals surface area contributed by atoms with Crippen LogP contribution in [0.1, 0.15) is 17.3 Å². The van der Waals surface area contributed by atoms with Crippen molar-refractivity contribution in [2.45, 2.75) is 11.8 Å². The van der Waals surface area contributed by atoms with Crippen molar-refractivity contribution < 1.29 is 23.5 Å². The molecule has 0 bridgehead atoms. The van der Waals surface area contributed by atoms with Crippen LogP contribution in [0.15, 0.2) is 41.3 Å². The fourth-order valence-corrected chi connectivity index (χ4v) is 2.81. The number of hydrogen-bond donors (Lipinski definition) is 1. The third-order valence-electron chi connectivity index (χ3n) is 3.36. The average Bonchev–Trinajstić information content (AvgIpc) is 2.60. The molecule has 0 aliphatic heterocycles. The normalized spacial score (nSPS) is 10.2. The Labute approximate surface area is 149 Å². The summed E-state index contributed by atoms with van der Waals surface area (Å²) in [7, 11) is 3.03. The van der Waals surface area contributed by atoms with Crippen molar-refractivity contribution in [2.75, 3.05) is 25.3 Å². The summed E-state index contributed by atoms with van der Waals surface area (Å²) < 4.78 is 24.2. The molecule has 0 heterocycles. The number of rotatable bonds is 7. The highest BCUT2D eigenvalue weighted by atomic mass is 32.2. The standard InChI is InChI=1S/C18H18FNO4S/c1-11(21)12-4-7-17(14(19)8-12)25-10-18(22)20-13-5-6-15(23-2)16(9-13)24-3/h4-9H,10H2,1-3H3,(H,20,22). The van der Waals surface area contributed by atoms with E-state index < -0.39 is 5.82 Å². The number of carbonyl (C=O) groups excluding carboxylic acids is 2. The van der Waals surface area contributed by atoms with Gasteiger partial charge in [0.25, 0.3) is 0 Å². The molecule has 0 radical (unpaired) electrons. The number of benzene rings is 2. The predicted molar refractivity (Wildman–Crippen MR) is 95.3 cm³/mol. The van der Waals surface area contributed by atoms with Crippen LogP contribution in [0.3, 0.4) is 0 Å². The molecule has 0 aliphatic carbocycles. The van der Waals surface area contributed by atoms with Crippen molar-refractivity contribution in [1.29, 1.82) is 0 Å². The second-order valence-corrected chi connectivity index (χ2v) is 6.13. The monoisotopic (exact) mass is 363 g/mol. The van der Waals surface area contributed by atoms with Gasteiger partial charge in [0.15, 0.2) is 17.3 Å². The van der Waals surface area contributed by atoms with Gasteiger partial charge in [-0.3, -0.25) is 9.59 Å². The molecule has 0 unspecified atom stereocenters. The topological polar surface area (TPSA) is 64.6 Å². The number of anilines is 1. The first kappa shape index (κ1) is 18.8. The molecule has 0 aromatic heterocycles. The van der Waals surface area contributed by atoms with Crippen LogP contribution in [-0.2, 0) is 4.79 Å². The van der Waals surface area contributed by atoms with Crippen molar-refractivity contribution in [2.24, 2.45) is 0 Å². The molecule has 7 heteroatoms. The van der Waals surface area contributed by atoms with E-state index in [9.17, 15) is 14.0 Å². The van der Waals surface area contributed by atoms with Gasteiger partial charge in [0.1, 0.15) is 5.82 Å². The Morgan fingerprint density at radius 2 is 1.80 bits per heavy atom. The van der Waals surface area contributed by atoms with Gasteiger partial charge in [-0.2, -0.15) is 0 Å². The molecule has 1 amide bonds. The number of Topliss-reactive ketones (excluding diaryl/α,β-unsaturated/α-hetero) is 1. The fourth-order valence-electron chi connectivity index (χ4n) is 2.09. The molecule has 132 valence electrons. The zero-order valence-electron chi connectivity index (χ0n) is 14.1. The zero-order chi connectivity index (χ0) is 18.4. The molecule has 0 aliphatic rings. The smallest absolute Gasteiger partial charge is 0.234 e. The molecule has 0 saturated heterocycles. The van der Waals surface area contributed by atoms with Gasteiger partial charge >= 0.3 is 0 Å². The van der Waals surface area contributed by atoms with Crippen LogP contribution >= 0.6 is 11.8 Å². The van der Waals surface area contributed by atoms with E-state index in [2.05, 4.69) is 5.32 Å². The molecular formula is C18H18FNO4S.